The third-order valence-corrected chi connectivity index (χ3v) is 2.08. The van der Waals surface area contributed by atoms with Crippen molar-refractivity contribution in [3.63, 3.8) is 0 Å². The highest BCUT2D eigenvalue weighted by molar-refractivity contribution is 7.10. The summed E-state index contributed by atoms with van der Waals surface area (Å²) in [4.78, 5) is 12.1. The second-order valence-corrected chi connectivity index (χ2v) is 3.14. The van der Waals surface area contributed by atoms with E-state index < -0.39 is 0 Å². The molecule has 0 unspecified atom stereocenters. The summed E-state index contributed by atoms with van der Waals surface area (Å²) >= 11 is 1.59. The molecule has 0 saturated heterocycles. The average Bonchev–Trinajstić information content (AvgIpc) is 2.34. The normalized spacial score (nSPS) is 9.40. The van der Waals surface area contributed by atoms with E-state index in [0.717, 1.165) is 5.56 Å². The molecule has 1 N–H and O–H groups in total. The first-order valence-corrected chi connectivity index (χ1v) is 3.89. The molecule has 0 aliphatic carbocycles. The SMILES string of the molecule is CNC(=O)c1csc(C)c1. The van der Waals surface area contributed by atoms with E-state index in [9.17, 15) is 4.79 Å². The molecular formula is C7H9NOS. The summed E-state index contributed by atoms with van der Waals surface area (Å²) in [7, 11) is 1.63. The Morgan fingerprint density at radius 2 is 2.40 bits per heavy atom. The van der Waals surface area contributed by atoms with E-state index in [1.54, 1.807) is 18.4 Å². The number of carbonyl (C=O) groups excluding carboxylic acids is 1. The maximum atomic E-state index is 10.9. The van der Waals surface area contributed by atoms with Crippen LogP contribution in [0, 0.1) is 6.92 Å². The van der Waals surface area contributed by atoms with Crippen LogP contribution in [0.1, 0.15) is 15.2 Å². The molecule has 0 atom stereocenters. The summed E-state index contributed by atoms with van der Waals surface area (Å²) in [5.74, 6) is -0.00986. The van der Waals surface area contributed by atoms with Crippen LogP contribution in [0.3, 0.4) is 0 Å². The number of hydrogen-bond acceptors (Lipinski definition) is 2. The monoisotopic (exact) mass is 155 g/mol. The van der Waals surface area contributed by atoms with E-state index >= 15 is 0 Å². The van der Waals surface area contributed by atoms with E-state index in [1.807, 2.05) is 18.4 Å². The van der Waals surface area contributed by atoms with Gasteiger partial charge in [-0.05, 0) is 13.0 Å². The van der Waals surface area contributed by atoms with Crippen molar-refractivity contribution in [2.45, 2.75) is 6.92 Å². The van der Waals surface area contributed by atoms with Gasteiger partial charge in [0, 0.05) is 17.3 Å². The van der Waals surface area contributed by atoms with Gasteiger partial charge < -0.3 is 5.32 Å². The van der Waals surface area contributed by atoms with Crippen LogP contribution < -0.4 is 5.32 Å². The molecule has 10 heavy (non-hydrogen) atoms. The molecule has 0 aromatic carbocycles. The van der Waals surface area contributed by atoms with E-state index in [1.165, 1.54) is 4.88 Å². The Balaban J connectivity index is 2.85. The first-order valence-electron chi connectivity index (χ1n) is 3.01. The number of rotatable bonds is 1. The minimum absolute atomic E-state index is 0.00986. The molecule has 0 aliphatic heterocycles. The molecule has 54 valence electrons. The molecular weight excluding hydrogens is 146 g/mol. The van der Waals surface area contributed by atoms with Gasteiger partial charge in [-0.2, -0.15) is 0 Å². The molecule has 0 fully saturated rings. The number of amides is 1. The largest absolute Gasteiger partial charge is 0.355 e. The van der Waals surface area contributed by atoms with Gasteiger partial charge in [-0.25, -0.2) is 0 Å². The van der Waals surface area contributed by atoms with Crippen molar-refractivity contribution in [3.8, 4) is 0 Å². The van der Waals surface area contributed by atoms with Gasteiger partial charge in [-0.15, -0.1) is 11.3 Å². The molecule has 0 radical (unpaired) electrons. The van der Waals surface area contributed by atoms with Crippen LogP contribution in [-0.2, 0) is 0 Å². The Bertz CT molecular complexity index is 242. The standard InChI is InChI=1S/C7H9NOS/c1-5-3-6(4-10-5)7(9)8-2/h3-4H,1-2H3,(H,8,9). The van der Waals surface area contributed by atoms with Gasteiger partial charge in [0.25, 0.3) is 5.91 Å². The first-order chi connectivity index (χ1) is 4.74. The Kier molecular flexibility index (Phi) is 2.06. The van der Waals surface area contributed by atoms with Gasteiger partial charge in [-0.3, -0.25) is 4.79 Å². The smallest absolute Gasteiger partial charge is 0.251 e. The summed E-state index contributed by atoms with van der Waals surface area (Å²) in [6.45, 7) is 1.98. The minimum Gasteiger partial charge on any atom is -0.355 e. The highest BCUT2D eigenvalue weighted by Gasteiger charge is 2.02. The van der Waals surface area contributed by atoms with Crippen LogP contribution in [0.15, 0.2) is 11.4 Å². The number of nitrogens with one attached hydrogen (secondary N) is 1. The van der Waals surface area contributed by atoms with Crippen molar-refractivity contribution in [1.82, 2.24) is 5.32 Å². The molecule has 2 nitrogen and oxygen atoms in total. The van der Waals surface area contributed by atoms with E-state index in [-0.39, 0.29) is 5.91 Å². The van der Waals surface area contributed by atoms with Gasteiger partial charge in [0.15, 0.2) is 0 Å². The van der Waals surface area contributed by atoms with Gasteiger partial charge in [0.1, 0.15) is 0 Å². The summed E-state index contributed by atoms with van der Waals surface area (Å²) in [6.07, 6.45) is 0. The number of carbonyl (C=O) groups is 1. The molecule has 1 aromatic heterocycles. The Morgan fingerprint density at radius 1 is 1.70 bits per heavy atom. The molecule has 0 aliphatic rings. The number of thiophene rings is 1. The van der Waals surface area contributed by atoms with Crippen LogP contribution in [0.25, 0.3) is 0 Å². The molecule has 1 amide bonds. The van der Waals surface area contributed by atoms with Crippen molar-refractivity contribution < 1.29 is 4.79 Å². The van der Waals surface area contributed by atoms with Crippen molar-refractivity contribution in [2.75, 3.05) is 7.05 Å². The zero-order valence-corrected chi connectivity index (χ0v) is 6.79. The maximum absolute atomic E-state index is 10.9. The van der Waals surface area contributed by atoms with Crippen LogP contribution in [0.2, 0.25) is 0 Å². The van der Waals surface area contributed by atoms with Crippen molar-refractivity contribution in [2.24, 2.45) is 0 Å². The van der Waals surface area contributed by atoms with E-state index in [0.29, 0.717) is 0 Å². The van der Waals surface area contributed by atoms with Crippen LogP contribution in [0.5, 0.6) is 0 Å². The molecule has 0 spiro atoms. The lowest BCUT2D eigenvalue weighted by Crippen LogP contribution is -2.16. The molecule has 0 bridgehead atoms. The molecule has 0 saturated carbocycles. The second-order valence-electron chi connectivity index (χ2n) is 2.03. The Morgan fingerprint density at radius 3 is 2.80 bits per heavy atom. The molecule has 3 heteroatoms. The second kappa shape index (κ2) is 2.84. The highest BCUT2D eigenvalue weighted by Crippen LogP contribution is 2.12. The van der Waals surface area contributed by atoms with Crippen molar-refractivity contribution >= 4 is 17.2 Å². The minimum atomic E-state index is -0.00986. The van der Waals surface area contributed by atoms with E-state index in [2.05, 4.69) is 5.32 Å². The van der Waals surface area contributed by atoms with Crippen LogP contribution in [-0.4, -0.2) is 13.0 Å². The lowest BCUT2D eigenvalue weighted by Gasteiger charge is -1.91. The fraction of sp³-hybridized carbons (Fsp3) is 0.286. The highest BCUT2D eigenvalue weighted by atomic mass is 32.1. The summed E-state index contributed by atoms with van der Waals surface area (Å²) in [5.41, 5.74) is 0.755. The third kappa shape index (κ3) is 1.36. The summed E-state index contributed by atoms with van der Waals surface area (Å²) in [5, 5.41) is 4.42. The zero-order chi connectivity index (χ0) is 7.56. The number of hydrogen-bond donors (Lipinski definition) is 1. The van der Waals surface area contributed by atoms with Gasteiger partial charge in [0.2, 0.25) is 0 Å². The predicted octanol–water partition coefficient (Wildman–Crippen LogP) is 1.42. The van der Waals surface area contributed by atoms with Gasteiger partial charge in [0.05, 0.1) is 5.56 Å². The van der Waals surface area contributed by atoms with Gasteiger partial charge in [-0.1, -0.05) is 0 Å². The molecule has 1 heterocycles. The Labute approximate surface area is 63.9 Å². The first kappa shape index (κ1) is 7.28. The third-order valence-electron chi connectivity index (χ3n) is 1.22. The molecule has 1 rings (SSSR count). The fourth-order valence-corrected chi connectivity index (χ4v) is 1.39. The number of aryl methyl sites for hydroxylation is 1. The fourth-order valence-electron chi connectivity index (χ4n) is 0.707. The summed E-state index contributed by atoms with van der Waals surface area (Å²) < 4.78 is 0. The lowest BCUT2D eigenvalue weighted by molar-refractivity contribution is 0.0963. The molecule has 1 aromatic rings. The van der Waals surface area contributed by atoms with E-state index in [4.69, 9.17) is 0 Å². The van der Waals surface area contributed by atoms with Gasteiger partial charge >= 0.3 is 0 Å². The maximum Gasteiger partial charge on any atom is 0.251 e. The zero-order valence-electron chi connectivity index (χ0n) is 5.97. The average molecular weight is 155 g/mol. The lowest BCUT2D eigenvalue weighted by atomic mass is 10.3. The van der Waals surface area contributed by atoms with Crippen molar-refractivity contribution in [1.29, 1.82) is 0 Å². The predicted molar refractivity (Wildman–Crippen MR) is 42.4 cm³/mol. The quantitative estimate of drug-likeness (QED) is 0.653. The van der Waals surface area contributed by atoms with Crippen LogP contribution in [0.4, 0.5) is 0 Å². The van der Waals surface area contributed by atoms with Crippen molar-refractivity contribution in [3.05, 3.63) is 21.9 Å². The Hall–Kier alpha value is -0.830. The topological polar surface area (TPSA) is 29.1 Å². The summed E-state index contributed by atoms with van der Waals surface area (Å²) in [6, 6.07) is 1.88. The van der Waals surface area contributed by atoms with Crippen LogP contribution >= 0.6 is 11.3 Å².